The monoisotopic (exact) mass is 109 g/mol. The summed E-state index contributed by atoms with van der Waals surface area (Å²) in [6, 6.07) is 0. The molecule has 0 aliphatic carbocycles. The summed E-state index contributed by atoms with van der Waals surface area (Å²) in [5, 5.41) is 0. The van der Waals surface area contributed by atoms with E-state index in [1.165, 1.54) is 5.47 Å². The standard InChI is InChI=1S/C6H12BN/c1-5(7)3-4-6(2)8/h3-4H,7-8H2,1-2H3/b5-3+,6-4+. The highest BCUT2D eigenvalue weighted by Crippen LogP contribution is 1.86. The molecule has 0 saturated carbocycles. The molecule has 0 heterocycles. The molecule has 0 fully saturated rings. The van der Waals surface area contributed by atoms with E-state index in [0.29, 0.717) is 0 Å². The van der Waals surface area contributed by atoms with Gasteiger partial charge in [-0.25, -0.2) is 0 Å². The van der Waals surface area contributed by atoms with Crippen molar-refractivity contribution in [2.24, 2.45) is 5.73 Å². The van der Waals surface area contributed by atoms with E-state index in [1.807, 2.05) is 33.8 Å². The average Bonchev–Trinajstić information content (AvgIpc) is 1.61. The van der Waals surface area contributed by atoms with E-state index in [2.05, 4.69) is 0 Å². The van der Waals surface area contributed by atoms with E-state index in [4.69, 9.17) is 5.73 Å². The van der Waals surface area contributed by atoms with Crippen LogP contribution in [-0.2, 0) is 0 Å². The normalized spacial score (nSPS) is 14.2. The van der Waals surface area contributed by atoms with Crippen LogP contribution >= 0.6 is 0 Å². The highest BCUT2D eigenvalue weighted by molar-refractivity contribution is 6.21. The molecule has 0 aromatic heterocycles. The van der Waals surface area contributed by atoms with E-state index in [1.54, 1.807) is 0 Å². The van der Waals surface area contributed by atoms with Crippen molar-refractivity contribution in [1.82, 2.24) is 0 Å². The fourth-order valence-corrected chi connectivity index (χ4v) is 0.298. The van der Waals surface area contributed by atoms with Gasteiger partial charge in [0, 0.05) is 5.70 Å². The molecule has 1 nitrogen and oxygen atoms in total. The summed E-state index contributed by atoms with van der Waals surface area (Å²) in [7, 11) is 2.04. The third-order valence-corrected chi connectivity index (χ3v) is 0.680. The van der Waals surface area contributed by atoms with Gasteiger partial charge >= 0.3 is 0 Å². The molecular formula is C6H12BN. The van der Waals surface area contributed by atoms with E-state index >= 15 is 0 Å². The van der Waals surface area contributed by atoms with E-state index in [0.717, 1.165) is 5.70 Å². The minimum atomic E-state index is 0.853. The number of allylic oxidation sites excluding steroid dienone is 4. The quantitative estimate of drug-likeness (QED) is 0.382. The van der Waals surface area contributed by atoms with Gasteiger partial charge in [0.15, 0.2) is 0 Å². The molecule has 0 rings (SSSR count). The summed E-state index contributed by atoms with van der Waals surface area (Å²) < 4.78 is 0. The van der Waals surface area contributed by atoms with Crippen molar-refractivity contribution in [3.8, 4) is 0 Å². The first-order valence-corrected chi connectivity index (χ1v) is 2.70. The zero-order chi connectivity index (χ0) is 6.57. The number of rotatable bonds is 1. The van der Waals surface area contributed by atoms with Gasteiger partial charge in [-0.2, -0.15) is 0 Å². The summed E-state index contributed by atoms with van der Waals surface area (Å²) in [6.45, 7) is 3.92. The first-order chi connectivity index (χ1) is 3.63. The Kier molecular flexibility index (Phi) is 3.08. The van der Waals surface area contributed by atoms with Crippen molar-refractivity contribution in [1.29, 1.82) is 0 Å². The smallest absolute Gasteiger partial charge is 0.133 e. The molecule has 0 radical (unpaired) electrons. The Balaban J connectivity index is 3.76. The molecule has 0 atom stereocenters. The van der Waals surface area contributed by atoms with Crippen LogP contribution in [0.25, 0.3) is 0 Å². The Hall–Kier alpha value is -0.655. The average molecular weight is 109 g/mol. The van der Waals surface area contributed by atoms with Crippen LogP contribution in [0.1, 0.15) is 13.8 Å². The third kappa shape index (κ3) is 5.34. The van der Waals surface area contributed by atoms with Gasteiger partial charge in [-0.05, 0) is 13.0 Å². The molecule has 0 amide bonds. The summed E-state index contributed by atoms with van der Waals surface area (Å²) in [6.07, 6.45) is 3.89. The maximum Gasteiger partial charge on any atom is 0.133 e. The van der Waals surface area contributed by atoms with Crippen molar-refractivity contribution in [2.75, 3.05) is 0 Å². The molecule has 2 heteroatoms. The minimum Gasteiger partial charge on any atom is -0.402 e. The summed E-state index contributed by atoms with van der Waals surface area (Å²) in [4.78, 5) is 0. The number of nitrogens with two attached hydrogens (primary N) is 1. The maximum absolute atomic E-state index is 5.36. The van der Waals surface area contributed by atoms with Crippen molar-refractivity contribution < 1.29 is 0 Å². The topological polar surface area (TPSA) is 26.0 Å². The lowest BCUT2D eigenvalue weighted by atomic mass is 9.98. The summed E-state index contributed by atoms with van der Waals surface area (Å²) in [5.74, 6) is 0. The molecule has 0 aliphatic rings. The molecule has 2 N–H and O–H groups in total. The molecule has 0 aromatic rings. The van der Waals surface area contributed by atoms with Gasteiger partial charge in [-0.15, -0.1) is 5.47 Å². The Labute approximate surface area is 51.7 Å². The summed E-state index contributed by atoms with van der Waals surface area (Å²) >= 11 is 0. The van der Waals surface area contributed by atoms with Crippen LogP contribution in [0.3, 0.4) is 0 Å². The van der Waals surface area contributed by atoms with Gasteiger partial charge in [-0.3, -0.25) is 0 Å². The number of hydrogen-bond donors (Lipinski definition) is 1. The Morgan fingerprint density at radius 3 is 2.00 bits per heavy atom. The minimum absolute atomic E-state index is 0.853. The Morgan fingerprint density at radius 1 is 1.38 bits per heavy atom. The van der Waals surface area contributed by atoms with Crippen LogP contribution in [-0.4, -0.2) is 7.85 Å². The highest BCUT2D eigenvalue weighted by Gasteiger charge is 1.72. The lowest BCUT2D eigenvalue weighted by molar-refractivity contribution is 1.31. The zero-order valence-corrected chi connectivity index (χ0v) is 5.73. The second-order valence-corrected chi connectivity index (χ2v) is 2.15. The predicted molar refractivity (Wildman–Crippen MR) is 40.2 cm³/mol. The first kappa shape index (κ1) is 7.34. The van der Waals surface area contributed by atoms with Crippen LogP contribution in [0.2, 0.25) is 0 Å². The molecule has 0 bridgehead atoms. The van der Waals surface area contributed by atoms with Crippen molar-refractivity contribution in [3.05, 3.63) is 23.3 Å². The van der Waals surface area contributed by atoms with Gasteiger partial charge < -0.3 is 5.73 Å². The largest absolute Gasteiger partial charge is 0.402 e. The fraction of sp³-hybridized carbons (Fsp3) is 0.333. The van der Waals surface area contributed by atoms with E-state index in [9.17, 15) is 0 Å². The molecule has 0 aromatic carbocycles. The van der Waals surface area contributed by atoms with Crippen LogP contribution in [0.5, 0.6) is 0 Å². The zero-order valence-electron chi connectivity index (χ0n) is 5.73. The molecular weight excluding hydrogens is 96.9 g/mol. The predicted octanol–water partition coefficient (Wildman–Crippen LogP) is 0.386. The van der Waals surface area contributed by atoms with Gasteiger partial charge in [-0.1, -0.05) is 13.0 Å². The molecule has 44 valence electrons. The first-order valence-electron chi connectivity index (χ1n) is 2.70. The molecule has 0 unspecified atom stereocenters. The molecule has 0 spiro atoms. The lowest BCUT2D eigenvalue weighted by Gasteiger charge is -1.84. The van der Waals surface area contributed by atoms with Gasteiger partial charge in [0.1, 0.15) is 7.85 Å². The van der Waals surface area contributed by atoms with Crippen molar-refractivity contribution in [2.45, 2.75) is 13.8 Å². The van der Waals surface area contributed by atoms with Crippen LogP contribution in [0, 0.1) is 0 Å². The van der Waals surface area contributed by atoms with E-state index < -0.39 is 0 Å². The van der Waals surface area contributed by atoms with Gasteiger partial charge in [0.2, 0.25) is 0 Å². The van der Waals surface area contributed by atoms with Crippen LogP contribution in [0.4, 0.5) is 0 Å². The SMILES string of the molecule is B/C(C)=C/C=C(\C)N. The van der Waals surface area contributed by atoms with Crippen LogP contribution in [0.15, 0.2) is 23.3 Å². The van der Waals surface area contributed by atoms with Crippen LogP contribution < -0.4 is 5.73 Å². The maximum atomic E-state index is 5.36. The lowest BCUT2D eigenvalue weighted by Crippen LogP contribution is -1.88. The highest BCUT2D eigenvalue weighted by atomic mass is 14.5. The van der Waals surface area contributed by atoms with Crippen molar-refractivity contribution in [3.63, 3.8) is 0 Å². The number of hydrogen-bond acceptors (Lipinski definition) is 1. The fourth-order valence-electron chi connectivity index (χ4n) is 0.298. The van der Waals surface area contributed by atoms with Gasteiger partial charge in [0.05, 0.1) is 0 Å². The Morgan fingerprint density at radius 2 is 1.88 bits per heavy atom. The molecule has 0 saturated heterocycles. The molecule has 8 heavy (non-hydrogen) atoms. The van der Waals surface area contributed by atoms with Gasteiger partial charge in [0.25, 0.3) is 0 Å². The second-order valence-electron chi connectivity index (χ2n) is 2.15. The van der Waals surface area contributed by atoms with Crippen molar-refractivity contribution >= 4 is 7.85 Å². The second kappa shape index (κ2) is 3.36. The van der Waals surface area contributed by atoms with E-state index in [-0.39, 0.29) is 0 Å². The molecule has 0 aliphatic heterocycles. The summed E-state index contributed by atoms with van der Waals surface area (Å²) in [5.41, 5.74) is 7.48. The Bertz CT molecular complexity index is 100. The third-order valence-electron chi connectivity index (χ3n) is 0.680.